The smallest absolute Gasteiger partial charge is 0.181 e. The molecule has 1 aromatic carbocycles. The molecule has 0 radical (unpaired) electrons. The topological polar surface area (TPSA) is 60.2 Å². The lowest BCUT2D eigenvalue weighted by Gasteiger charge is -2.11. The Kier molecular flexibility index (Phi) is 3.82. The van der Waals surface area contributed by atoms with Gasteiger partial charge in [-0.15, -0.1) is 0 Å². The van der Waals surface area contributed by atoms with Crippen molar-refractivity contribution >= 4 is 9.84 Å². The monoisotopic (exact) mass is 231 g/mol. The normalized spacial score (nSPS) is 13.8. The Hall–Kier alpha value is -0.940. The van der Waals surface area contributed by atoms with E-state index in [-0.39, 0.29) is 4.90 Å². The van der Waals surface area contributed by atoms with E-state index >= 15 is 0 Å². The molecule has 0 bridgehead atoms. The zero-order valence-corrected chi connectivity index (χ0v) is 9.30. The summed E-state index contributed by atoms with van der Waals surface area (Å²) < 4.78 is 36.6. The standard InChI is InChI=1S/C10H14FNO2S/c1-8(5-6-12)15(13,14)10-4-2-3-9(11)7-10/h2-4,7-8H,5-6,12H2,1H3. The van der Waals surface area contributed by atoms with E-state index in [4.69, 9.17) is 5.73 Å². The fourth-order valence-electron chi connectivity index (χ4n) is 1.27. The highest BCUT2D eigenvalue weighted by Gasteiger charge is 2.22. The van der Waals surface area contributed by atoms with E-state index in [2.05, 4.69) is 0 Å². The van der Waals surface area contributed by atoms with Crippen molar-refractivity contribution in [2.75, 3.05) is 6.54 Å². The summed E-state index contributed by atoms with van der Waals surface area (Å²) in [5.74, 6) is -0.545. The molecule has 0 saturated carbocycles. The number of rotatable bonds is 4. The summed E-state index contributed by atoms with van der Waals surface area (Å²) in [7, 11) is -3.44. The maximum absolute atomic E-state index is 12.9. The van der Waals surface area contributed by atoms with E-state index in [1.54, 1.807) is 6.92 Å². The summed E-state index contributed by atoms with van der Waals surface area (Å²) >= 11 is 0. The van der Waals surface area contributed by atoms with Crippen LogP contribution in [0.25, 0.3) is 0 Å². The van der Waals surface area contributed by atoms with Crippen molar-refractivity contribution in [3.63, 3.8) is 0 Å². The van der Waals surface area contributed by atoms with Crippen LogP contribution in [0.4, 0.5) is 4.39 Å². The van der Waals surface area contributed by atoms with Crippen molar-refractivity contribution in [1.82, 2.24) is 0 Å². The number of halogens is 1. The first-order chi connectivity index (χ1) is 6.98. The molecule has 0 heterocycles. The van der Waals surface area contributed by atoms with Gasteiger partial charge in [0.2, 0.25) is 0 Å². The first-order valence-corrected chi connectivity index (χ1v) is 6.22. The van der Waals surface area contributed by atoms with Gasteiger partial charge in [-0.2, -0.15) is 0 Å². The van der Waals surface area contributed by atoms with Crippen LogP contribution in [0.5, 0.6) is 0 Å². The van der Waals surface area contributed by atoms with Crippen LogP contribution >= 0.6 is 0 Å². The van der Waals surface area contributed by atoms with Crippen molar-refractivity contribution in [2.45, 2.75) is 23.5 Å². The molecule has 0 fully saturated rings. The Morgan fingerprint density at radius 2 is 2.13 bits per heavy atom. The maximum Gasteiger partial charge on any atom is 0.181 e. The number of hydrogen-bond donors (Lipinski definition) is 1. The second-order valence-electron chi connectivity index (χ2n) is 3.39. The molecule has 2 N–H and O–H groups in total. The molecular weight excluding hydrogens is 217 g/mol. The zero-order valence-electron chi connectivity index (χ0n) is 8.48. The average Bonchev–Trinajstić information content (AvgIpc) is 2.18. The van der Waals surface area contributed by atoms with Crippen LogP contribution in [0.2, 0.25) is 0 Å². The van der Waals surface area contributed by atoms with Crippen molar-refractivity contribution < 1.29 is 12.8 Å². The molecular formula is C10H14FNO2S. The first kappa shape index (κ1) is 12.1. The Bertz CT molecular complexity index is 431. The predicted molar refractivity (Wildman–Crippen MR) is 56.7 cm³/mol. The molecule has 5 heteroatoms. The third-order valence-corrected chi connectivity index (χ3v) is 4.43. The van der Waals surface area contributed by atoms with Gasteiger partial charge in [-0.25, -0.2) is 12.8 Å². The predicted octanol–water partition coefficient (Wildman–Crippen LogP) is 1.34. The summed E-state index contributed by atoms with van der Waals surface area (Å²) in [6, 6.07) is 5.03. The molecule has 1 unspecified atom stereocenters. The van der Waals surface area contributed by atoms with E-state index in [1.165, 1.54) is 18.2 Å². The molecule has 1 rings (SSSR count). The highest BCUT2D eigenvalue weighted by Crippen LogP contribution is 2.18. The van der Waals surface area contributed by atoms with Crippen LogP contribution in [0.3, 0.4) is 0 Å². The number of nitrogens with two attached hydrogens (primary N) is 1. The Morgan fingerprint density at radius 1 is 1.47 bits per heavy atom. The molecule has 0 aromatic heterocycles. The first-order valence-electron chi connectivity index (χ1n) is 4.68. The fraction of sp³-hybridized carbons (Fsp3) is 0.400. The van der Waals surface area contributed by atoms with E-state index in [0.717, 1.165) is 6.07 Å². The SMILES string of the molecule is CC(CCN)S(=O)(=O)c1cccc(F)c1. The van der Waals surface area contributed by atoms with Crippen molar-refractivity contribution in [3.05, 3.63) is 30.1 Å². The molecule has 0 spiro atoms. The van der Waals surface area contributed by atoms with Gasteiger partial charge in [0.1, 0.15) is 5.82 Å². The molecule has 0 aliphatic carbocycles. The minimum atomic E-state index is -3.44. The summed E-state index contributed by atoms with van der Waals surface area (Å²) in [6.45, 7) is 1.88. The fourth-order valence-corrected chi connectivity index (χ4v) is 2.72. The summed E-state index contributed by atoms with van der Waals surface area (Å²) in [5, 5.41) is -0.579. The van der Waals surface area contributed by atoms with Gasteiger partial charge in [-0.1, -0.05) is 6.07 Å². The molecule has 1 atom stereocenters. The molecule has 0 aliphatic rings. The van der Waals surface area contributed by atoms with Crippen LogP contribution < -0.4 is 5.73 Å². The average molecular weight is 231 g/mol. The molecule has 0 amide bonds. The van der Waals surface area contributed by atoms with Gasteiger partial charge < -0.3 is 5.73 Å². The molecule has 1 aromatic rings. The van der Waals surface area contributed by atoms with Gasteiger partial charge in [-0.05, 0) is 38.1 Å². The Morgan fingerprint density at radius 3 is 2.67 bits per heavy atom. The lowest BCUT2D eigenvalue weighted by atomic mass is 10.3. The quantitative estimate of drug-likeness (QED) is 0.850. The summed E-state index contributed by atoms with van der Waals surface area (Å²) in [4.78, 5) is 0.0171. The summed E-state index contributed by atoms with van der Waals surface area (Å²) in [6.07, 6.45) is 0.374. The van der Waals surface area contributed by atoms with Crippen LogP contribution in [0.1, 0.15) is 13.3 Å². The van der Waals surface area contributed by atoms with Crippen LogP contribution in [0, 0.1) is 5.82 Å². The van der Waals surface area contributed by atoms with E-state index in [0.29, 0.717) is 13.0 Å². The second-order valence-corrected chi connectivity index (χ2v) is 5.76. The number of hydrogen-bond acceptors (Lipinski definition) is 3. The molecule has 0 aliphatic heterocycles. The van der Waals surface area contributed by atoms with Crippen LogP contribution in [-0.2, 0) is 9.84 Å². The lowest BCUT2D eigenvalue weighted by molar-refractivity contribution is 0.574. The lowest BCUT2D eigenvalue weighted by Crippen LogP contribution is -2.21. The minimum absolute atomic E-state index is 0.0171. The van der Waals surface area contributed by atoms with Gasteiger partial charge in [-0.3, -0.25) is 0 Å². The van der Waals surface area contributed by atoms with Crippen molar-refractivity contribution in [1.29, 1.82) is 0 Å². The Labute approximate surface area is 89.0 Å². The molecule has 84 valence electrons. The molecule has 0 saturated heterocycles. The highest BCUT2D eigenvalue weighted by molar-refractivity contribution is 7.92. The number of sulfone groups is 1. The van der Waals surface area contributed by atoms with Crippen LogP contribution in [-0.4, -0.2) is 20.2 Å². The third-order valence-electron chi connectivity index (χ3n) is 2.23. The van der Waals surface area contributed by atoms with Crippen LogP contribution in [0.15, 0.2) is 29.2 Å². The largest absolute Gasteiger partial charge is 0.330 e. The van der Waals surface area contributed by atoms with Crippen molar-refractivity contribution in [3.8, 4) is 0 Å². The second kappa shape index (κ2) is 4.72. The summed E-state index contributed by atoms with van der Waals surface area (Å²) in [5.41, 5.74) is 5.30. The van der Waals surface area contributed by atoms with E-state index in [9.17, 15) is 12.8 Å². The molecule has 15 heavy (non-hydrogen) atoms. The highest BCUT2D eigenvalue weighted by atomic mass is 32.2. The van der Waals surface area contributed by atoms with E-state index < -0.39 is 20.9 Å². The Balaban J connectivity index is 3.06. The van der Waals surface area contributed by atoms with Crippen molar-refractivity contribution in [2.24, 2.45) is 5.73 Å². The maximum atomic E-state index is 12.9. The minimum Gasteiger partial charge on any atom is -0.330 e. The van der Waals surface area contributed by atoms with Gasteiger partial charge in [0, 0.05) is 0 Å². The van der Waals surface area contributed by atoms with Gasteiger partial charge >= 0.3 is 0 Å². The van der Waals surface area contributed by atoms with Gasteiger partial charge in [0.15, 0.2) is 9.84 Å². The van der Waals surface area contributed by atoms with E-state index in [1.807, 2.05) is 0 Å². The number of benzene rings is 1. The van der Waals surface area contributed by atoms with Gasteiger partial charge in [0.05, 0.1) is 10.1 Å². The molecule has 3 nitrogen and oxygen atoms in total. The third kappa shape index (κ3) is 2.76. The van der Waals surface area contributed by atoms with Gasteiger partial charge in [0.25, 0.3) is 0 Å². The zero-order chi connectivity index (χ0) is 11.5.